The number of amides is 1. The molecule has 1 aromatic heterocycles. The van der Waals surface area contributed by atoms with Gasteiger partial charge in [-0.2, -0.15) is 0 Å². The summed E-state index contributed by atoms with van der Waals surface area (Å²) in [6, 6.07) is 10.2. The number of hydrogen-bond acceptors (Lipinski definition) is 2. The Hall–Kier alpha value is -2.07. The Morgan fingerprint density at radius 3 is 2.90 bits per heavy atom. The van der Waals surface area contributed by atoms with Gasteiger partial charge in [0.1, 0.15) is 0 Å². The van der Waals surface area contributed by atoms with Crippen molar-refractivity contribution in [3.8, 4) is 0 Å². The Labute approximate surface area is 118 Å². The van der Waals surface area contributed by atoms with E-state index >= 15 is 0 Å². The van der Waals surface area contributed by atoms with Gasteiger partial charge in [0.25, 0.3) is 5.91 Å². The smallest absolute Gasteiger partial charge is 0.253 e. The monoisotopic (exact) mass is 269 g/mol. The van der Waals surface area contributed by atoms with Crippen LogP contribution < -0.4 is 5.32 Å². The molecule has 2 heterocycles. The lowest BCUT2D eigenvalue weighted by molar-refractivity contribution is 0.0921. The van der Waals surface area contributed by atoms with Gasteiger partial charge in [0.05, 0.1) is 11.6 Å². The van der Waals surface area contributed by atoms with E-state index in [2.05, 4.69) is 34.4 Å². The van der Waals surface area contributed by atoms with Crippen LogP contribution in [0.25, 0.3) is 0 Å². The summed E-state index contributed by atoms with van der Waals surface area (Å²) in [5.41, 5.74) is 4.14. The number of aryl methyl sites for hydroxylation is 1. The second kappa shape index (κ2) is 5.13. The third-order valence-electron chi connectivity index (χ3n) is 3.87. The van der Waals surface area contributed by atoms with Crippen LogP contribution in [0.3, 0.4) is 0 Å². The molecule has 1 aliphatic heterocycles. The maximum Gasteiger partial charge on any atom is 0.253 e. The Kier molecular flexibility index (Phi) is 3.32. The van der Waals surface area contributed by atoms with Gasteiger partial charge in [0.2, 0.25) is 0 Å². The number of carbonyl (C=O) groups excluding carboxylic acids is 1. The van der Waals surface area contributed by atoms with Crippen LogP contribution >= 0.6 is 0 Å². The molecule has 1 amide bonds. The predicted molar refractivity (Wildman–Crippen MR) is 78.5 cm³/mol. The SMILES string of the molecule is Cc1[nH]ccc1C(=O)NC1CN(C)Cc2ccccc21. The van der Waals surface area contributed by atoms with Crippen LogP contribution in [0.1, 0.15) is 33.2 Å². The van der Waals surface area contributed by atoms with Gasteiger partial charge < -0.3 is 10.3 Å². The molecule has 1 aromatic carbocycles. The zero-order chi connectivity index (χ0) is 14.1. The molecule has 0 fully saturated rings. The van der Waals surface area contributed by atoms with E-state index in [-0.39, 0.29) is 11.9 Å². The zero-order valence-corrected chi connectivity index (χ0v) is 11.8. The standard InChI is InChI=1S/C16H19N3O/c1-11-13(7-8-17-11)16(20)18-15-10-19(2)9-12-5-3-4-6-14(12)15/h3-8,15,17H,9-10H2,1-2H3,(H,18,20). The van der Waals surface area contributed by atoms with E-state index in [1.807, 2.05) is 25.1 Å². The van der Waals surface area contributed by atoms with Crippen LogP contribution in [0.5, 0.6) is 0 Å². The van der Waals surface area contributed by atoms with E-state index in [4.69, 9.17) is 0 Å². The van der Waals surface area contributed by atoms with Crippen molar-refractivity contribution in [1.82, 2.24) is 15.2 Å². The van der Waals surface area contributed by atoms with Crippen molar-refractivity contribution in [2.24, 2.45) is 0 Å². The highest BCUT2D eigenvalue weighted by Gasteiger charge is 2.25. The molecule has 0 spiro atoms. The second-order valence-electron chi connectivity index (χ2n) is 5.44. The molecule has 1 unspecified atom stereocenters. The number of nitrogens with zero attached hydrogens (tertiary/aromatic N) is 1. The van der Waals surface area contributed by atoms with E-state index in [0.29, 0.717) is 0 Å². The number of aromatic nitrogens is 1. The summed E-state index contributed by atoms with van der Waals surface area (Å²) in [6.45, 7) is 3.69. The Bertz CT molecular complexity index is 632. The molecule has 1 atom stereocenters. The number of likely N-dealkylation sites (N-methyl/N-ethyl adjacent to an activating group) is 1. The molecule has 0 bridgehead atoms. The van der Waals surface area contributed by atoms with E-state index in [0.717, 1.165) is 24.3 Å². The third-order valence-corrected chi connectivity index (χ3v) is 3.87. The number of aromatic amines is 1. The number of rotatable bonds is 2. The maximum atomic E-state index is 12.4. The first kappa shape index (κ1) is 12.9. The Balaban J connectivity index is 1.84. The van der Waals surface area contributed by atoms with Gasteiger partial charge in [-0.05, 0) is 31.2 Å². The second-order valence-corrected chi connectivity index (χ2v) is 5.44. The molecule has 4 nitrogen and oxygen atoms in total. The minimum Gasteiger partial charge on any atom is -0.365 e. The predicted octanol–water partition coefficient (Wildman–Crippen LogP) is 2.24. The lowest BCUT2D eigenvalue weighted by Gasteiger charge is -2.32. The van der Waals surface area contributed by atoms with Crippen molar-refractivity contribution in [3.63, 3.8) is 0 Å². The van der Waals surface area contributed by atoms with Gasteiger partial charge in [-0.25, -0.2) is 0 Å². The third kappa shape index (κ3) is 2.34. The number of hydrogen-bond donors (Lipinski definition) is 2. The fraction of sp³-hybridized carbons (Fsp3) is 0.312. The molecule has 2 N–H and O–H groups in total. The van der Waals surface area contributed by atoms with E-state index in [9.17, 15) is 4.79 Å². The Morgan fingerprint density at radius 1 is 1.35 bits per heavy atom. The lowest BCUT2D eigenvalue weighted by Crippen LogP contribution is -2.40. The van der Waals surface area contributed by atoms with Crippen LogP contribution in [0.2, 0.25) is 0 Å². The van der Waals surface area contributed by atoms with Gasteiger partial charge in [-0.15, -0.1) is 0 Å². The molecule has 0 saturated carbocycles. The molecule has 20 heavy (non-hydrogen) atoms. The van der Waals surface area contributed by atoms with Crippen molar-refractivity contribution in [3.05, 3.63) is 58.9 Å². The summed E-state index contributed by atoms with van der Waals surface area (Å²) in [5.74, 6) is -0.0150. The van der Waals surface area contributed by atoms with Crippen LogP contribution in [0, 0.1) is 6.92 Å². The topological polar surface area (TPSA) is 48.1 Å². The van der Waals surface area contributed by atoms with E-state index in [1.165, 1.54) is 11.1 Å². The summed E-state index contributed by atoms with van der Waals surface area (Å²) in [5, 5.41) is 3.15. The number of fused-ring (bicyclic) bond motifs is 1. The first-order valence-electron chi connectivity index (χ1n) is 6.86. The molecule has 1 aliphatic rings. The van der Waals surface area contributed by atoms with Crippen LogP contribution in [0.4, 0.5) is 0 Å². The highest BCUT2D eigenvalue weighted by molar-refractivity contribution is 5.95. The molecular formula is C16H19N3O. The number of nitrogens with one attached hydrogen (secondary N) is 2. The number of benzene rings is 1. The maximum absolute atomic E-state index is 12.4. The van der Waals surface area contributed by atoms with Gasteiger partial charge in [0, 0.05) is 25.0 Å². The molecule has 0 saturated heterocycles. The molecule has 2 aromatic rings. The molecule has 4 heteroatoms. The number of carbonyl (C=O) groups is 1. The van der Waals surface area contributed by atoms with Crippen molar-refractivity contribution in [1.29, 1.82) is 0 Å². The normalized spacial score (nSPS) is 18.6. The van der Waals surface area contributed by atoms with Crippen LogP contribution in [-0.2, 0) is 6.54 Å². The average molecular weight is 269 g/mol. The summed E-state index contributed by atoms with van der Waals surface area (Å²) in [7, 11) is 2.08. The fourth-order valence-corrected chi connectivity index (χ4v) is 2.84. The molecule has 104 valence electrons. The summed E-state index contributed by atoms with van der Waals surface area (Å²) in [4.78, 5) is 17.6. The van der Waals surface area contributed by atoms with Crippen molar-refractivity contribution in [2.45, 2.75) is 19.5 Å². The van der Waals surface area contributed by atoms with Crippen molar-refractivity contribution < 1.29 is 4.79 Å². The number of H-pyrrole nitrogens is 1. The minimum atomic E-state index is -0.0150. The summed E-state index contributed by atoms with van der Waals surface area (Å²) >= 11 is 0. The molecule has 0 radical (unpaired) electrons. The molecule has 3 rings (SSSR count). The van der Waals surface area contributed by atoms with Crippen molar-refractivity contribution >= 4 is 5.91 Å². The van der Waals surface area contributed by atoms with E-state index < -0.39 is 0 Å². The molecule has 0 aliphatic carbocycles. The average Bonchev–Trinajstić information content (AvgIpc) is 2.85. The van der Waals surface area contributed by atoms with Gasteiger partial charge in [0.15, 0.2) is 0 Å². The minimum absolute atomic E-state index is 0.0150. The summed E-state index contributed by atoms with van der Waals surface area (Å²) < 4.78 is 0. The highest BCUT2D eigenvalue weighted by Crippen LogP contribution is 2.25. The summed E-state index contributed by atoms with van der Waals surface area (Å²) in [6.07, 6.45) is 1.80. The van der Waals surface area contributed by atoms with Crippen LogP contribution in [-0.4, -0.2) is 29.4 Å². The van der Waals surface area contributed by atoms with Gasteiger partial charge in [-0.3, -0.25) is 9.69 Å². The first-order valence-corrected chi connectivity index (χ1v) is 6.86. The van der Waals surface area contributed by atoms with Gasteiger partial charge >= 0.3 is 0 Å². The van der Waals surface area contributed by atoms with Crippen molar-refractivity contribution in [2.75, 3.05) is 13.6 Å². The van der Waals surface area contributed by atoms with E-state index in [1.54, 1.807) is 6.20 Å². The lowest BCUT2D eigenvalue weighted by atomic mass is 9.95. The zero-order valence-electron chi connectivity index (χ0n) is 11.8. The highest BCUT2D eigenvalue weighted by atomic mass is 16.1. The fourth-order valence-electron chi connectivity index (χ4n) is 2.84. The largest absolute Gasteiger partial charge is 0.365 e. The van der Waals surface area contributed by atoms with Gasteiger partial charge in [-0.1, -0.05) is 24.3 Å². The van der Waals surface area contributed by atoms with Crippen LogP contribution in [0.15, 0.2) is 36.5 Å². The first-order chi connectivity index (χ1) is 9.65. The molecular weight excluding hydrogens is 250 g/mol. The quantitative estimate of drug-likeness (QED) is 0.878. The Morgan fingerprint density at radius 2 is 2.15 bits per heavy atom.